The normalized spacial score (nSPS) is 18.5. The average Bonchev–Trinajstić information content (AvgIpc) is 2.65. The molecule has 19 heavy (non-hydrogen) atoms. The van der Waals surface area contributed by atoms with Crippen molar-refractivity contribution in [2.45, 2.75) is 32.9 Å². The number of hydrogen-bond acceptors (Lipinski definition) is 3. The first-order chi connectivity index (χ1) is 9.19. The predicted molar refractivity (Wildman–Crippen MR) is 82.6 cm³/mol. The van der Waals surface area contributed by atoms with Gasteiger partial charge >= 0.3 is 0 Å². The molecule has 0 aromatic heterocycles. The number of rotatable bonds is 4. The highest BCUT2D eigenvalue weighted by molar-refractivity contribution is 5.44. The molecule has 0 atom stereocenters. The third-order valence-electron chi connectivity index (χ3n) is 3.98. The van der Waals surface area contributed by atoms with Crippen molar-refractivity contribution in [3.8, 4) is 0 Å². The van der Waals surface area contributed by atoms with Gasteiger partial charge in [0.15, 0.2) is 0 Å². The van der Waals surface area contributed by atoms with E-state index >= 15 is 0 Å². The van der Waals surface area contributed by atoms with E-state index in [0.717, 1.165) is 6.54 Å². The van der Waals surface area contributed by atoms with Crippen LogP contribution in [0.2, 0.25) is 0 Å². The summed E-state index contributed by atoms with van der Waals surface area (Å²) in [5.74, 6) is 0. The number of benzene rings is 1. The van der Waals surface area contributed by atoms with Crippen LogP contribution >= 0.6 is 0 Å². The fourth-order valence-electron chi connectivity index (χ4n) is 2.75. The zero-order valence-electron chi connectivity index (χ0n) is 12.5. The molecule has 2 rings (SSSR count). The summed E-state index contributed by atoms with van der Waals surface area (Å²) < 4.78 is 0. The Morgan fingerprint density at radius 1 is 1.16 bits per heavy atom. The summed E-state index contributed by atoms with van der Waals surface area (Å²) in [6, 6.07) is 9.41. The molecule has 0 radical (unpaired) electrons. The summed E-state index contributed by atoms with van der Waals surface area (Å²) in [4.78, 5) is 5.17. The fraction of sp³-hybridized carbons (Fsp3) is 0.625. The summed E-state index contributed by atoms with van der Waals surface area (Å²) in [5.41, 5.74) is 2.61. The van der Waals surface area contributed by atoms with Gasteiger partial charge in [-0.15, -0.1) is 0 Å². The van der Waals surface area contributed by atoms with Crippen molar-refractivity contribution in [1.29, 1.82) is 0 Å². The molecular formula is C16H27N3. The summed E-state index contributed by atoms with van der Waals surface area (Å²) in [7, 11) is 1.98. The number of anilines is 1. The van der Waals surface area contributed by atoms with Crippen molar-refractivity contribution in [1.82, 2.24) is 9.80 Å². The molecule has 0 aliphatic carbocycles. The third-order valence-corrected chi connectivity index (χ3v) is 3.98. The standard InChI is InChI=1S/C16H27N3/c1-14(2)19-9-5-8-18(10-11-19)13-15-6-4-7-16(12-15)17-3/h4,6-7,12,14,17H,5,8-11,13H2,1-3H3. The van der Waals surface area contributed by atoms with E-state index in [-0.39, 0.29) is 0 Å². The zero-order chi connectivity index (χ0) is 13.7. The minimum Gasteiger partial charge on any atom is -0.388 e. The largest absolute Gasteiger partial charge is 0.388 e. The maximum atomic E-state index is 3.21. The van der Waals surface area contributed by atoms with Crippen LogP contribution in [0, 0.1) is 0 Å². The second-order valence-electron chi connectivity index (χ2n) is 5.71. The number of hydrogen-bond donors (Lipinski definition) is 1. The van der Waals surface area contributed by atoms with E-state index in [1.165, 1.54) is 43.9 Å². The van der Waals surface area contributed by atoms with E-state index < -0.39 is 0 Å². The minimum atomic E-state index is 0.674. The highest BCUT2D eigenvalue weighted by atomic mass is 15.2. The lowest BCUT2D eigenvalue weighted by Gasteiger charge is -2.25. The molecule has 0 bridgehead atoms. The molecule has 1 saturated heterocycles. The van der Waals surface area contributed by atoms with Crippen LogP contribution in [0.15, 0.2) is 24.3 Å². The Bertz CT molecular complexity index is 389. The maximum Gasteiger partial charge on any atom is 0.0340 e. The fourth-order valence-corrected chi connectivity index (χ4v) is 2.75. The van der Waals surface area contributed by atoms with Crippen molar-refractivity contribution in [3.63, 3.8) is 0 Å². The molecule has 0 unspecified atom stereocenters. The van der Waals surface area contributed by atoms with Crippen molar-refractivity contribution in [2.75, 3.05) is 38.5 Å². The lowest BCUT2D eigenvalue weighted by Crippen LogP contribution is -2.34. The molecule has 3 nitrogen and oxygen atoms in total. The van der Waals surface area contributed by atoms with Gasteiger partial charge < -0.3 is 5.32 Å². The van der Waals surface area contributed by atoms with E-state index in [4.69, 9.17) is 0 Å². The summed E-state index contributed by atoms with van der Waals surface area (Å²) >= 11 is 0. The van der Waals surface area contributed by atoms with Gasteiger partial charge in [-0.25, -0.2) is 0 Å². The Kier molecular flexibility index (Phi) is 5.23. The molecule has 1 N–H and O–H groups in total. The van der Waals surface area contributed by atoms with E-state index in [0.29, 0.717) is 6.04 Å². The summed E-state index contributed by atoms with van der Waals surface area (Å²) in [5, 5.41) is 3.21. The summed E-state index contributed by atoms with van der Waals surface area (Å²) in [6.07, 6.45) is 1.28. The first kappa shape index (κ1) is 14.4. The number of nitrogens with one attached hydrogen (secondary N) is 1. The monoisotopic (exact) mass is 261 g/mol. The molecule has 0 spiro atoms. The molecule has 1 aliphatic heterocycles. The van der Waals surface area contributed by atoms with Gasteiger partial charge in [-0.1, -0.05) is 12.1 Å². The maximum absolute atomic E-state index is 3.21. The second-order valence-corrected chi connectivity index (χ2v) is 5.71. The molecule has 3 heteroatoms. The highest BCUT2D eigenvalue weighted by Crippen LogP contribution is 2.14. The Balaban J connectivity index is 1.92. The molecule has 1 fully saturated rings. The molecule has 1 aromatic carbocycles. The van der Waals surface area contributed by atoms with Gasteiger partial charge in [0.25, 0.3) is 0 Å². The van der Waals surface area contributed by atoms with Gasteiger partial charge in [-0.05, 0) is 51.1 Å². The quantitative estimate of drug-likeness (QED) is 0.899. The lowest BCUT2D eigenvalue weighted by atomic mass is 10.2. The van der Waals surface area contributed by atoms with Crippen LogP contribution in [0.3, 0.4) is 0 Å². The van der Waals surface area contributed by atoms with Crippen LogP contribution in [0.5, 0.6) is 0 Å². The van der Waals surface area contributed by atoms with Crippen molar-refractivity contribution in [2.24, 2.45) is 0 Å². The predicted octanol–water partition coefficient (Wildman–Crippen LogP) is 2.64. The van der Waals surface area contributed by atoms with E-state index in [1.54, 1.807) is 0 Å². The third kappa shape index (κ3) is 4.22. The van der Waals surface area contributed by atoms with Crippen molar-refractivity contribution < 1.29 is 0 Å². The topological polar surface area (TPSA) is 18.5 Å². The number of nitrogens with zero attached hydrogens (tertiary/aromatic N) is 2. The van der Waals surface area contributed by atoms with Gasteiger partial charge in [-0.3, -0.25) is 9.80 Å². The Morgan fingerprint density at radius 3 is 2.74 bits per heavy atom. The van der Waals surface area contributed by atoms with Crippen LogP contribution < -0.4 is 5.32 Å². The molecule has 106 valence electrons. The van der Waals surface area contributed by atoms with Crippen LogP contribution in [0.1, 0.15) is 25.8 Å². The molecule has 1 aromatic rings. The molecule has 1 heterocycles. The molecule has 0 amide bonds. The molecule has 0 saturated carbocycles. The smallest absolute Gasteiger partial charge is 0.0340 e. The Hall–Kier alpha value is -1.06. The highest BCUT2D eigenvalue weighted by Gasteiger charge is 2.16. The van der Waals surface area contributed by atoms with E-state index in [1.807, 2.05) is 7.05 Å². The van der Waals surface area contributed by atoms with Crippen LogP contribution in [-0.2, 0) is 6.54 Å². The van der Waals surface area contributed by atoms with Crippen LogP contribution in [-0.4, -0.2) is 49.1 Å². The SMILES string of the molecule is CNc1cccc(CN2CCCN(C(C)C)CC2)c1. The lowest BCUT2D eigenvalue weighted by molar-refractivity contribution is 0.218. The zero-order valence-corrected chi connectivity index (χ0v) is 12.5. The van der Waals surface area contributed by atoms with Crippen molar-refractivity contribution >= 4 is 5.69 Å². The van der Waals surface area contributed by atoms with Gasteiger partial charge in [0.1, 0.15) is 0 Å². The first-order valence-corrected chi connectivity index (χ1v) is 7.42. The second kappa shape index (κ2) is 6.92. The summed E-state index contributed by atoms with van der Waals surface area (Å²) in [6.45, 7) is 10.5. The van der Waals surface area contributed by atoms with Gasteiger partial charge in [0.05, 0.1) is 0 Å². The average molecular weight is 261 g/mol. The Morgan fingerprint density at radius 2 is 2.00 bits per heavy atom. The van der Waals surface area contributed by atoms with Crippen molar-refractivity contribution in [3.05, 3.63) is 29.8 Å². The van der Waals surface area contributed by atoms with Crippen LogP contribution in [0.4, 0.5) is 5.69 Å². The van der Waals surface area contributed by atoms with Gasteiger partial charge in [0.2, 0.25) is 0 Å². The van der Waals surface area contributed by atoms with Gasteiger partial charge in [0, 0.05) is 38.4 Å². The van der Waals surface area contributed by atoms with E-state index in [9.17, 15) is 0 Å². The molecule has 1 aliphatic rings. The first-order valence-electron chi connectivity index (χ1n) is 7.42. The minimum absolute atomic E-state index is 0.674. The van der Waals surface area contributed by atoms with E-state index in [2.05, 4.69) is 53.2 Å². The van der Waals surface area contributed by atoms with Crippen LogP contribution in [0.25, 0.3) is 0 Å². The molecular weight excluding hydrogens is 234 g/mol. The Labute approximate surface area is 117 Å². The van der Waals surface area contributed by atoms with Gasteiger partial charge in [-0.2, -0.15) is 0 Å².